The van der Waals surface area contributed by atoms with Crippen LogP contribution in [0.15, 0.2) is 23.1 Å². The maximum atomic E-state index is 11.6. The van der Waals surface area contributed by atoms with E-state index in [0.717, 1.165) is 5.56 Å². The van der Waals surface area contributed by atoms with E-state index in [2.05, 4.69) is 20.8 Å². The van der Waals surface area contributed by atoms with E-state index < -0.39 is 9.84 Å². The van der Waals surface area contributed by atoms with Crippen molar-refractivity contribution in [3.63, 3.8) is 0 Å². The van der Waals surface area contributed by atoms with E-state index in [1.807, 2.05) is 6.07 Å². The van der Waals surface area contributed by atoms with E-state index in [1.54, 1.807) is 12.1 Å². The minimum atomic E-state index is -3.21. The molecule has 1 heterocycles. The quantitative estimate of drug-likeness (QED) is 0.680. The summed E-state index contributed by atoms with van der Waals surface area (Å²) < 4.78 is 28.3. The van der Waals surface area contributed by atoms with Gasteiger partial charge < -0.3 is 4.74 Å². The third-order valence-corrected chi connectivity index (χ3v) is 3.93. The van der Waals surface area contributed by atoms with Gasteiger partial charge in [0.05, 0.1) is 0 Å². The lowest BCUT2D eigenvalue weighted by Crippen LogP contribution is -2.11. The first kappa shape index (κ1) is 10.5. The minimum absolute atomic E-state index is 0.0485. The molecule has 4 heteroatoms. The fourth-order valence-corrected chi connectivity index (χ4v) is 2.69. The highest BCUT2D eigenvalue weighted by atomic mass is 32.2. The number of benzene rings is 1. The Morgan fingerprint density at radius 2 is 1.93 bits per heavy atom. The molecule has 0 aliphatic carbocycles. The van der Waals surface area contributed by atoms with Crippen LogP contribution >= 0.6 is 0 Å². The van der Waals surface area contributed by atoms with Crippen molar-refractivity contribution in [1.82, 2.24) is 0 Å². The summed E-state index contributed by atoms with van der Waals surface area (Å²) in [7, 11) is -3.21. The molecule has 0 atom stereocenters. The molecule has 1 aliphatic rings. The Morgan fingerprint density at radius 1 is 1.27 bits per heavy atom. The van der Waals surface area contributed by atoms with E-state index >= 15 is 0 Å². The first-order valence-corrected chi connectivity index (χ1v) is 6.46. The SMILES string of the molecule is CC(C)(C)c1ccc2c(c1)S(=O)(=O)CO2. The number of sulfone groups is 1. The van der Waals surface area contributed by atoms with E-state index in [1.165, 1.54) is 0 Å². The molecule has 0 spiro atoms. The van der Waals surface area contributed by atoms with Gasteiger partial charge in [-0.15, -0.1) is 0 Å². The van der Waals surface area contributed by atoms with Gasteiger partial charge in [-0.05, 0) is 23.1 Å². The highest BCUT2D eigenvalue weighted by Gasteiger charge is 2.29. The molecule has 0 amide bonds. The van der Waals surface area contributed by atoms with Gasteiger partial charge in [0.2, 0.25) is 9.84 Å². The number of rotatable bonds is 0. The molecule has 1 aliphatic heterocycles. The van der Waals surface area contributed by atoms with Crippen molar-refractivity contribution < 1.29 is 13.2 Å². The average Bonchev–Trinajstić information content (AvgIpc) is 2.41. The number of fused-ring (bicyclic) bond motifs is 1. The van der Waals surface area contributed by atoms with Gasteiger partial charge in [-0.3, -0.25) is 0 Å². The van der Waals surface area contributed by atoms with Gasteiger partial charge >= 0.3 is 0 Å². The normalized spacial score (nSPS) is 18.3. The molecule has 0 radical (unpaired) electrons. The lowest BCUT2D eigenvalue weighted by molar-refractivity contribution is 0.389. The van der Waals surface area contributed by atoms with Crippen LogP contribution in [-0.2, 0) is 15.3 Å². The van der Waals surface area contributed by atoms with Gasteiger partial charge in [-0.2, -0.15) is 0 Å². The van der Waals surface area contributed by atoms with Crippen molar-refractivity contribution in [3.8, 4) is 5.75 Å². The molecule has 2 rings (SSSR count). The van der Waals surface area contributed by atoms with E-state index in [9.17, 15) is 8.42 Å². The number of ether oxygens (including phenoxy) is 1. The molecule has 15 heavy (non-hydrogen) atoms. The molecule has 1 aromatic rings. The maximum absolute atomic E-state index is 11.6. The molecule has 0 bridgehead atoms. The summed E-state index contributed by atoms with van der Waals surface area (Å²) in [6.07, 6.45) is 0. The molecule has 0 saturated carbocycles. The van der Waals surface area contributed by atoms with Crippen LogP contribution in [0.3, 0.4) is 0 Å². The smallest absolute Gasteiger partial charge is 0.216 e. The van der Waals surface area contributed by atoms with Crippen LogP contribution in [0.25, 0.3) is 0 Å². The second-order valence-electron chi connectivity index (χ2n) is 4.79. The van der Waals surface area contributed by atoms with Crippen molar-refractivity contribution in [2.24, 2.45) is 0 Å². The Balaban J connectivity index is 2.61. The highest BCUT2D eigenvalue weighted by molar-refractivity contribution is 7.91. The second-order valence-corrected chi connectivity index (χ2v) is 6.69. The summed E-state index contributed by atoms with van der Waals surface area (Å²) in [5.74, 6) is 0.249. The van der Waals surface area contributed by atoms with E-state index in [4.69, 9.17) is 4.74 Å². The van der Waals surface area contributed by atoms with Gasteiger partial charge in [0.25, 0.3) is 0 Å². The summed E-state index contributed by atoms with van der Waals surface area (Å²) in [4.78, 5) is 0.329. The molecule has 0 saturated heterocycles. The monoisotopic (exact) mass is 226 g/mol. The van der Waals surface area contributed by atoms with E-state index in [0.29, 0.717) is 10.6 Å². The fourth-order valence-electron chi connectivity index (χ4n) is 1.54. The van der Waals surface area contributed by atoms with Crippen molar-refractivity contribution in [2.45, 2.75) is 31.1 Å². The molecule has 3 nitrogen and oxygen atoms in total. The van der Waals surface area contributed by atoms with Gasteiger partial charge in [-0.25, -0.2) is 8.42 Å². The van der Waals surface area contributed by atoms with Gasteiger partial charge in [-0.1, -0.05) is 26.8 Å². The Labute approximate surface area is 90.0 Å². The Morgan fingerprint density at radius 3 is 2.53 bits per heavy atom. The third-order valence-electron chi connectivity index (χ3n) is 2.51. The predicted molar refractivity (Wildman–Crippen MR) is 57.8 cm³/mol. The summed E-state index contributed by atoms with van der Waals surface area (Å²) in [5, 5.41) is 0. The van der Waals surface area contributed by atoms with Crippen LogP contribution in [0.5, 0.6) is 5.75 Å². The predicted octanol–water partition coefficient (Wildman–Crippen LogP) is 2.11. The lowest BCUT2D eigenvalue weighted by Gasteiger charge is -2.19. The molecule has 0 fully saturated rings. The van der Waals surface area contributed by atoms with Crippen LogP contribution in [0, 0.1) is 0 Å². The zero-order valence-electron chi connectivity index (χ0n) is 9.07. The van der Waals surface area contributed by atoms with Gasteiger partial charge in [0.1, 0.15) is 10.6 Å². The summed E-state index contributed by atoms with van der Waals surface area (Å²) in [6.45, 7) is 6.16. The summed E-state index contributed by atoms with van der Waals surface area (Å²) in [5.41, 5.74) is 0.961. The van der Waals surface area contributed by atoms with E-state index in [-0.39, 0.29) is 11.4 Å². The molecule has 0 aromatic heterocycles. The van der Waals surface area contributed by atoms with Crippen molar-refractivity contribution >= 4 is 9.84 Å². The zero-order valence-corrected chi connectivity index (χ0v) is 9.89. The molecule has 0 N–H and O–H groups in total. The topological polar surface area (TPSA) is 43.4 Å². The van der Waals surface area contributed by atoms with Crippen molar-refractivity contribution in [1.29, 1.82) is 0 Å². The summed E-state index contributed by atoms with van der Waals surface area (Å²) >= 11 is 0. The Kier molecular flexibility index (Phi) is 2.08. The van der Waals surface area contributed by atoms with Crippen LogP contribution in [0.1, 0.15) is 26.3 Å². The maximum Gasteiger partial charge on any atom is 0.216 e. The first-order valence-electron chi connectivity index (χ1n) is 4.81. The first-order chi connectivity index (χ1) is 6.81. The third kappa shape index (κ3) is 1.74. The molecular weight excluding hydrogens is 212 g/mol. The van der Waals surface area contributed by atoms with Crippen LogP contribution < -0.4 is 4.74 Å². The lowest BCUT2D eigenvalue weighted by atomic mass is 9.87. The molecule has 1 aromatic carbocycles. The highest BCUT2D eigenvalue weighted by Crippen LogP contribution is 2.35. The van der Waals surface area contributed by atoms with Crippen molar-refractivity contribution in [2.75, 3.05) is 5.94 Å². The second kappa shape index (κ2) is 2.98. The summed E-state index contributed by atoms with van der Waals surface area (Å²) in [6, 6.07) is 5.37. The van der Waals surface area contributed by atoms with Crippen LogP contribution in [0.4, 0.5) is 0 Å². The van der Waals surface area contributed by atoms with Gasteiger partial charge in [0.15, 0.2) is 5.94 Å². The Hall–Kier alpha value is -1.03. The fraction of sp³-hybridized carbons (Fsp3) is 0.455. The van der Waals surface area contributed by atoms with Gasteiger partial charge in [0, 0.05) is 0 Å². The Bertz CT molecular complexity index is 495. The van der Waals surface area contributed by atoms with Crippen LogP contribution in [0.2, 0.25) is 0 Å². The average molecular weight is 226 g/mol. The largest absolute Gasteiger partial charge is 0.476 e. The zero-order chi connectivity index (χ0) is 11.3. The molecule has 0 unspecified atom stereocenters. The standard InChI is InChI=1S/C11H14O3S/c1-11(2,3)8-4-5-9-10(6-8)15(12,13)7-14-9/h4-6H,7H2,1-3H3. The molecule has 82 valence electrons. The van der Waals surface area contributed by atoms with Crippen LogP contribution in [-0.4, -0.2) is 14.4 Å². The van der Waals surface area contributed by atoms with Crippen molar-refractivity contribution in [3.05, 3.63) is 23.8 Å². The number of hydrogen-bond acceptors (Lipinski definition) is 3. The minimum Gasteiger partial charge on any atom is -0.476 e. The molecular formula is C11H14O3S. The number of hydrogen-bond donors (Lipinski definition) is 0.